The van der Waals surface area contributed by atoms with Crippen LogP contribution in [0.2, 0.25) is 0 Å². The normalized spacial score (nSPS) is 16.4. The van der Waals surface area contributed by atoms with E-state index in [1.165, 1.54) is 0 Å². The third-order valence-corrected chi connectivity index (χ3v) is 4.77. The number of para-hydroxylation sites is 1. The van der Waals surface area contributed by atoms with Crippen LogP contribution in [0.3, 0.4) is 0 Å². The lowest BCUT2D eigenvalue weighted by molar-refractivity contribution is 0.0286. The predicted molar refractivity (Wildman–Crippen MR) is 111 cm³/mol. The minimum Gasteiger partial charge on any atom is -0.375 e. The van der Waals surface area contributed by atoms with E-state index in [9.17, 15) is 4.79 Å². The first-order chi connectivity index (χ1) is 14.2. The number of nitrogens with zero attached hydrogens (tertiary/aromatic N) is 3. The van der Waals surface area contributed by atoms with E-state index in [0.717, 1.165) is 48.7 Å². The molecule has 3 aromatic rings. The van der Waals surface area contributed by atoms with Crippen molar-refractivity contribution in [2.24, 2.45) is 0 Å². The fraction of sp³-hybridized carbons (Fsp3) is 0.286. The van der Waals surface area contributed by atoms with E-state index < -0.39 is 0 Å². The lowest BCUT2D eigenvalue weighted by Gasteiger charge is -2.22. The fourth-order valence-corrected chi connectivity index (χ4v) is 3.20. The van der Waals surface area contributed by atoms with E-state index >= 15 is 0 Å². The van der Waals surface area contributed by atoms with Crippen LogP contribution >= 0.6 is 0 Å². The van der Waals surface area contributed by atoms with Crippen LogP contribution in [0.5, 0.6) is 0 Å². The van der Waals surface area contributed by atoms with Gasteiger partial charge in [-0.3, -0.25) is 0 Å². The van der Waals surface area contributed by atoms with E-state index in [4.69, 9.17) is 4.74 Å². The van der Waals surface area contributed by atoms with Crippen LogP contribution in [-0.4, -0.2) is 46.8 Å². The monoisotopic (exact) mass is 392 g/mol. The number of urea groups is 1. The summed E-state index contributed by atoms with van der Waals surface area (Å²) >= 11 is 0. The SMILES string of the molecule is Cc1ccccc1NC(=O)Nc1ccc(-n2cc(CC3CNCCO3)nn2)cc1. The number of aromatic nitrogens is 3. The molecule has 1 aromatic heterocycles. The van der Waals surface area contributed by atoms with E-state index in [0.29, 0.717) is 5.69 Å². The van der Waals surface area contributed by atoms with Gasteiger partial charge in [-0.2, -0.15) is 0 Å². The predicted octanol–water partition coefficient (Wildman–Crippen LogP) is 2.75. The summed E-state index contributed by atoms with van der Waals surface area (Å²) in [5.74, 6) is 0. The van der Waals surface area contributed by atoms with Crippen molar-refractivity contribution in [2.45, 2.75) is 19.4 Å². The van der Waals surface area contributed by atoms with Crippen molar-refractivity contribution in [1.82, 2.24) is 20.3 Å². The molecule has 8 nitrogen and oxygen atoms in total. The van der Waals surface area contributed by atoms with E-state index in [-0.39, 0.29) is 12.1 Å². The maximum atomic E-state index is 12.2. The number of benzene rings is 2. The third-order valence-electron chi connectivity index (χ3n) is 4.77. The van der Waals surface area contributed by atoms with Gasteiger partial charge in [-0.15, -0.1) is 5.10 Å². The summed E-state index contributed by atoms with van der Waals surface area (Å²) in [4.78, 5) is 12.2. The molecule has 29 heavy (non-hydrogen) atoms. The molecule has 0 spiro atoms. The molecule has 0 aliphatic carbocycles. The largest absolute Gasteiger partial charge is 0.375 e. The molecule has 0 bridgehead atoms. The molecule has 1 aliphatic rings. The average molecular weight is 392 g/mol. The highest BCUT2D eigenvalue weighted by molar-refractivity contribution is 6.00. The molecular formula is C21H24N6O2. The molecule has 8 heteroatoms. The number of nitrogens with one attached hydrogen (secondary N) is 3. The van der Waals surface area contributed by atoms with Crippen molar-refractivity contribution in [2.75, 3.05) is 30.3 Å². The van der Waals surface area contributed by atoms with Crippen LogP contribution < -0.4 is 16.0 Å². The summed E-state index contributed by atoms with van der Waals surface area (Å²) in [7, 11) is 0. The summed E-state index contributed by atoms with van der Waals surface area (Å²) in [6.45, 7) is 4.41. The topological polar surface area (TPSA) is 93.1 Å². The van der Waals surface area contributed by atoms with Crippen LogP contribution in [0.4, 0.5) is 16.2 Å². The van der Waals surface area contributed by atoms with Crippen molar-refractivity contribution in [3.63, 3.8) is 0 Å². The highest BCUT2D eigenvalue weighted by atomic mass is 16.5. The Morgan fingerprint density at radius 2 is 2.03 bits per heavy atom. The first-order valence-corrected chi connectivity index (χ1v) is 9.65. The standard InChI is InChI=1S/C21H24N6O2/c1-15-4-2-3-5-20(15)24-21(28)23-16-6-8-18(9-7-16)27-14-17(25-26-27)12-19-13-22-10-11-29-19/h2-9,14,19,22H,10-13H2,1H3,(H2,23,24,28). The number of amides is 2. The molecule has 2 heterocycles. The number of carbonyl (C=O) groups excluding carboxylic acids is 1. The Balaban J connectivity index is 1.35. The van der Waals surface area contributed by atoms with Crippen LogP contribution in [0, 0.1) is 6.92 Å². The van der Waals surface area contributed by atoms with Crippen molar-refractivity contribution >= 4 is 17.4 Å². The van der Waals surface area contributed by atoms with Crippen molar-refractivity contribution in [3.05, 3.63) is 66.0 Å². The van der Waals surface area contributed by atoms with E-state index in [1.54, 1.807) is 4.68 Å². The Bertz CT molecular complexity index is 963. The first-order valence-electron chi connectivity index (χ1n) is 9.65. The fourth-order valence-electron chi connectivity index (χ4n) is 3.20. The van der Waals surface area contributed by atoms with Gasteiger partial charge in [0.05, 0.1) is 30.3 Å². The minimum absolute atomic E-state index is 0.132. The van der Waals surface area contributed by atoms with Gasteiger partial charge < -0.3 is 20.7 Å². The molecule has 1 aliphatic heterocycles. The summed E-state index contributed by atoms with van der Waals surface area (Å²) in [6, 6.07) is 14.8. The molecule has 150 valence electrons. The number of ether oxygens (including phenoxy) is 1. The molecule has 3 N–H and O–H groups in total. The zero-order valence-corrected chi connectivity index (χ0v) is 16.3. The molecule has 1 saturated heterocycles. The second-order valence-corrected chi connectivity index (χ2v) is 7.00. The molecule has 4 rings (SSSR count). The van der Waals surface area contributed by atoms with Gasteiger partial charge in [-0.1, -0.05) is 23.4 Å². The quantitative estimate of drug-likeness (QED) is 0.621. The maximum absolute atomic E-state index is 12.2. The number of morpholine rings is 1. The number of rotatable bonds is 5. The Kier molecular flexibility index (Phi) is 5.83. The molecule has 1 fully saturated rings. The zero-order chi connectivity index (χ0) is 20.1. The van der Waals surface area contributed by atoms with E-state index in [2.05, 4.69) is 26.3 Å². The smallest absolute Gasteiger partial charge is 0.323 e. The molecule has 0 radical (unpaired) electrons. The van der Waals surface area contributed by atoms with Crippen LogP contribution in [0.15, 0.2) is 54.7 Å². The first kappa shape index (κ1) is 19.1. The van der Waals surface area contributed by atoms with Gasteiger partial charge in [0.2, 0.25) is 0 Å². The van der Waals surface area contributed by atoms with Crippen molar-refractivity contribution < 1.29 is 9.53 Å². The summed E-state index contributed by atoms with van der Waals surface area (Å²) in [5, 5.41) is 17.4. The van der Waals surface area contributed by atoms with Gasteiger partial charge in [-0.25, -0.2) is 9.48 Å². The molecule has 2 aromatic carbocycles. The second kappa shape index (κ2) is 8.85. The number of anilines is 2. The minimum atomic E-state index is -0.281. The number of carbonyl (C=O) groups is 1. The third kappa shape index (κ3) is 4.98. The second-order valence-electron chi connectivity index (χ2n) is 7.00. The van der Waals surface area contributed by atoms with Gasteiger partial charge >= 0.3 is 6.03 Å². The van der Waals surface area contributed by atoms with Crippen molar-refractivity contribution in [1.29, 1.82) is 0 Å². The maximum Gasteiger partial charge on any atom is 0.323 e. The van der Waals surface area contributed by atoms with Crippen LogP contribution in [-0.2, 0) is 11.2 Å². The molecule has 0 saturated carbocycles. The molecule has 1 atom stereocenters. The highest BCUT2D eigenvalue weighted by Gasteiger charge is 2.16. The lowest BCUT2D eigenvalue weighted by atomic mass is 10.2. The zero-order valence-electron chi connectivity index (χ0n) is 16.3. The Morgan fingerprint density at radius 1 is 1.21 bits per heavy atom. The highest BCUT2D eigenvalue weighted by Crippen LogP contribution is 2.16. The number of aryl methyl sites for hydroxylation is 1. The summed E-state index contributed by atoms with van der Waals surface area (Å²) < 4.78 is 7.44. The Labute approximate surface area is 169 Å². The van der Waals surface area contributed by atoms with Gasteiger partial charge in [0.15, 0.2) is 0 Å². The van der Waals surface area contributed by atoms with Crippen LogP contribution in [0.25, 0.3) is 5.69 Å². The van der Waals surface area contributed by atoms with Gasteiger partial charge in [0, 0.05) is 30.9 Å². The Hall–Kier alpha value is -3.23. The van der Waals surface area contributed by atoms with Gasteiger partial charge in [-0.05, 0) is 42.8 Å². The average Bonchev–Trinajstić information content (AvgIpc) is 3.19. The molecule has 1 unspecified atom stereocenters. The molecular weight excluding hydrogens is 368 g/mol. The van der Waals surface area contributed by atoms with Crippen LogP contribution in [0.1, 0.15) is 11.3 Å². The van der Waals surface area contributed by atoms with E-state index in [1.807, 2.05) is 61.7 Å². The number of hydrogen-bond acceptors (Lipinski definition) is 5. The summed E-state index contributed by atoms with van der Waals surface area (Å²) in [5.41, 5.74) is 4.25. The van der Waals surface area contributed by atoms with Crippen molar-refractivity contribution in [3.8, 4) is 5.69 Å². The lowest BCUT2D eigenvalue weighted by Crippen LogP contribution is -2.39. The molecule has 2 amide bonds. The summed E-state index contributed by atoms with van der Waals surface area (Å²) in [6.07, 6.45) is 2.77. The number of hydrogen-bond donors (Lipinski definition) is 3. The van der Waals surface area contributed by atoms with Gasteiger partial charge in [0.1, 0.15) is 0 Å². The van der Waals surface area contributed by atoms with Gasteiger partial charge in [0.25, 0.3) is 0 Å². The Morgan fingerprint density at radius 3 is 2.79 bits per heavy atom.